The summed E-state index contributed by atoms with van der Waals surface area (Å²) in [6.45, 7) is 0.841. The van der Waals surface area contributed by atoms with Gasteiger partial charge in [-0.25, -0.2) is 0 Å². The van der Waals surface area contributed by atoms with Crippen LogP contribution in [0, 0.1) is 16.0 Å². The summed E-state index contributed by atoms with van der Waals surface area (Å²) >= 11 is 0. The van der Waals surface area contributed by atoms with Gasteiger partial charge < -0.3 is 16.0 Å². The molecule has 2 aromatic carbocycles. The predicted molar refractivity (Wildman–Crippen MR) is 101 cm³/mol. The van der Waals surface area contributed by atoms with Crippen LogP contribution in [0.15, 0.2) is 48.5 Å². The molecule has 0 aliphatic carbocycles. The SMILES string of the molecule is Nc1ccc(C(=O)N2CCC(C(=O)Nc3ccccc3)CC2)cc1[N+](=O)[O-]. The van der Waals surface area contributed by atoms with E-state index in [0.29, 0.717) is 25.9 Å². The van der Waals surface area contributed by atoms with Gasteiger partial charge in [-0.05, 0) is 37.1 Å². The van der Waals surface area contributed by atoms with Gasteiger partial charge in [-0.15, -0.1) is 0 Å². The molecule has 1 saturated heterocycles. The number of nitrogen functional groups attached to an aromatic ring is 1. The van der Waals surface area contributed by atoms with E-state index in [9.17, 15) is 19.7 Å². The first-order valence-corrected chi connectivity index (χ1v) is 8.65. The van der Waals surface area contributed by atoms with Gasteiger partial charge in [-0.3, -0.25) is 19.7 Å². The molecule has 27 heavy (non-hydrogen) atoms. The molecule has 140 valence electrons. The Morgan fingerprint density at radius 2 is 1.78 bits per heavy atom. The third kappa shape index (κ3) is 4.22. The fraction of sp³-hybridized carbons (Fsp3) is 0.263. The molecular formula is C19H20N4O4. The number of carbonyl (C=O) groups is 2. The van der Waals surface area contributed by atoms with Crippen LogP contribution >= 0.6 is 0 Å². The number of anilines is 2. The molecule has 1 fully saturated rings. The Hall–Kier alpha value is -3.42. The summed E-state index contributed by atoms with van der Waals surface area (Å²) in [7, 11) is 0. The minimum Gasteiger partial charge on any atom is -0.393 e. The van der Waals surface area contributed by atoms with Gasteiger partial charge in [0.15, 0.2) is 0 Å². The van der Waals surface area contributed by atoms with Crippen LogP contribution in [0.1, 0.15) is 23.2 Å². The number of carbonyl (C=O) groups excluding carboxylic acids is 2. The highest BCUT2D eigenvalue weighted by molar-refractivity contribution is 5.96. The molecule has 0 aromatic heterocycles. The molecule has 0 unspecified atom stereocenters. The standard InChI is InChI=1S/C19H20N4O4/c20-16-7-6-14(12-17(16)23(26)27)19(25)22-10-8-13(9-11-22)18(24)21-15-4-2-1-3-5-15/h1-7,12-13H,8-11,20H2,(H,21,24). The van der Waals surface area contributed by atoms with Crippen molar-refractivity contribution in [2.45, 2.75) is 12.8 Å². The maximum absolute atomic E-state index is 12.6. The second kappa shape index (κ2) is 7.86. The first kappa shape index (κ1) is 18.4. The van der Waals surface area contributed by atoms with Crippen molar-refractivity contribution < 1.29 is 14.5 Å². The van der Waals surface area contributed by atoms with Crippen LogP contribution in [-0.2, 0) is 4.79 Å². The normalized spacial score (nSPS) is 14.6. The molecule has 0 spiro atoms. The predicted octanol–water partition coefficient (Wildman–Crippen LogP) is 2.67. The number of nitrogens with one attached hydrogen (secondary N) is 1. The molecule has 0 saturated carbocycles. The summed E-state index contributed by atoms with van der Waals surface area (Å²) in [5.74, 6) is -0.522. The highest BCUT2D eigenvalue weighted by atomic mass is 16.6. The summed E-state index contributed by atoms with van der Waals surface area (Å²) in [6.07, 6.45) is 1.09. The first-order valence-electron chi connectivity index (χ1n) is 8.65. The summed E-state index contributed by atoms with van der Waals surface area (Å²) in [5.41, 5.74) is 6.28. The zero-order valence-corrected chi connectivity index (χ0v) is 14.6. The fourth-order valence-electron chi connectivity index (χ4n) is 3.13. The highest BCUT2D eigenvalue weighted by Gasteiger charge is 2.28. The fourth-order valence-corrected chi connectivity index (χ4v) is 3.13. The minimum absolute atomic E-state index is 0.0211. The lowest BCUT2D eigenvalue weighted by Crippen LogP contribution is -2.41. The van der Waals surface area contributed by atoms with Gasteiger partial charge in [0.1, 0.15) is 5.69 Å². The second-order valence-corrected chi connectivity index (χ2v) is 6.45. The van der Waals surface area contributed by atoms with Gasteiger partial charge in [-0.2, -0.15) is 0 Å². The van der Waals surface area contributed by atoms with Crippen LogP contribution in [0.5, 0.6) is 0 Å². The molecule has 1 aliphatic rings. The number of nitrogens with zero attached hydrogens (tertiary/aromatic N) is 2. The van der Waals surface area contributed by atoms with Crippen molar-refractivity contribution in [3.05, 3.63) is 64.2 Å². The maximum atomic E-state index is 12.6. The molecule has 0 atom stereocenters. The van der Waals surface area contributed by atoms with Crippen molar-refractivity contribution >= 4 is 28.9 Å². The lowest BCUT2D eigenvalue weighted by molar-refractivity contribution is -0.383. The monoisotopic (exact) mass is 368 g/mol. The molecule has 3 rings (SSSR count). The van der Waals surface area contributed by atoms with Crippen molar-refractivity contribution in [1.29, 1.82) is 0 Å². The van der Waals surface area contributed by atoms with E-state index in [1.54, 1.807) is 4.90 Å². The maximum Gasteiger partial charge on any atom is 0.292 e. The van der Waals surface area contributed by atoms with E-state index in [0.717, 1.165) is 5.69 Å². The molecule has 8 nitrogen and oxygen atoms in total. The largest absolute Gasteiger partial charge is 0.393 e. The van der Waals surface area contributed by atoms with Gasteiger partial charge in [0.25, 0.3) is 11.6 Å². The number of rotatable bonds is 4. The van der Waals surface area contributed by atoms with Crippen LogP contribution in [0.25, 0.3) is 0 Å². The zero-order chi connectivity index (χ0) is 19.4. The van der Waals surface area contributed by atoms with Crippen LogP contribution in [0.2, 0.25) is 0 Å². The number of likely N-dealkylation sites (tertiary alicyclic amines) is 1. The minimum atomic E-state index is -0.605. The third-order valence-corrected chi connectivity index (χ3v) is 4.67. The molecule has 0 bridgehead atoms. The average Bonchev–Trinajstić information content (AvgIpc) is 2.68. The number of nitro benzene ring substituents is 1. The smallest absolute Gasteiger partial charge is 0.292 e. The van der Waals surface area contributed by atoms with Crippen LogP contribution in [-0.4, -0.2) is 34.7 Å². The lowest BCUT2D eigenvalue weighted by Gasteiger charge is -2.31. The number of para-hydroxylation sites is 1. The average molecular weight is 368 g/mol. The van der Waals surface area contributed by atoms with Crippen LogP contribution < -0.4 is 11.1 Å². The zero-order valence-electron chi connectivity index (χ0n) is 14.6. The topological polar surface area (TPSA) is 119 Å². The van der Waals surface area contributed by atoms with Crippen molar-refractivity contribution in [3.8, 4) is 0 Å². The van der Waals surface area contributed by atoms with Gasteiger partial charge in [0.05, 0.1) is 4.92 Å². The van der Waals surface area contributed by atoms with E-state index in [2.05, 4.69) is 5.32 Å². The summed E-state index contributed by atoms with van der Waals surface area (Å²) < 4.78 is 0. The molecule has 8 heteroatoms. The highest BCUT2D eigenvalue weighted by Crippen LogP contribution is 2.25. The van der Waals surface area contributed by atoms with E-state index in [4.69, 9.17) is 5.73 Å². The van der Waals surface area contributed by atoms with E-state index < -0.39 is 4.92 Å². The molecule has 2 aromatic rings. The number of nitrogens with two attached hydrogens (primary N) is 1. The van der Waals surface area contributed by atoms with Gasteiger partial charge >= 0.3 is 0 Å². The molecule has 1 heterocycles. The number of hydrogen-bond donors (Lipinski definition) is 2. The molecule has 2 amide bonds. The van der Waals surface area contributed by atoms with Crippen LogP contribution in [0.3, 0.4) is 0 Å². The molecule has 3 N–H and O–H groups in total. The Morgan fingerprint density at radius 1 is 1.11 bits per heavy atom. The van der Waals surface area contributed by atoms with E-state index >= 15 is 0 Å². The quantitative estimate of drug-likeness (QED) is 0.488. The van der Waals surface area contributed by atoms with Crippen molar-refractivity contribution in [3.63, 3.8) is 0 Å². The van der Waals surface area contributed by atoms with E-state index in [-0.39, 0.29) is 34.7 Å². The Kier molecular flexibility index (Phi) is 5.35. The van der Waals surface area contributed by atoms with Crippen molar-refractivity contribution in [1.82, 2.24) is 4.90 Å². The van der Waals surface area contributed by atoms with Crippen molar-refractivity contribution in [2.75, 3.05) is 24.1 Å². The number of nitro groups is 1. The Labute approximate surface area is 156 Å². The second-order valence-electron chi connectivity index (χ2n) is 6.45. The van der Waals surface area contributed by atoms with Crippen LogP contribution in [0.4, 0.5) is 17.1 Å². The Morgan fingerprint density at radius 3 is 2.41 bits per heavy atom. The van der Waals surface area contributed by atoms with E-state index in [1.165, 1.54) is 18.2 Å². The Bertz CT molecular complexity index is 861. The summed E-state index contributed by atoms with van der Waals surface area (Å²) in [4.78, 5) is 37.0. The third-order valence-electron chi connectivity index (χ3n) is 4.67. The summed E-state index contributed by atoms with van der Waals surface area (Å²) in [6, 6.07) is 13.3. The van der Waals surface area contributed by atoms with E-state index in [1.807, 2.05) is 30.3 Å². The van der Waals surface area contributed by atoms with Gasteiger partial charge in [-0.1, -0.05) is 18.2 Å². The number of benzene rings is 2. The molecule has 0 radical (unpaired) electrons. The lowest BCUT2D eigenvalue weighted by atomic mass is 9.95. The van der Waals surface area contributed by atoms with Gasteiger partial charge in [0, 0.05) is 36.3 Å². The first-order chi connectivity index (χ1) is 13.0. The summed E-state index contributed by atoms with van der Waals surface area (Å²) in [5, 5.41) is 13.9. The molecule has 1 aliphatic heterocycles. The number of amides is 2. The number of piperidine rings is 1. The van der Waals surface area contributed by atoms with Crippen molar-refractivity contribution in [2.24, 2.45) is 5.92 Å². The molecular weight excluding hydrogens is 348 g/mol. The van der Waals surface area contributed by atoms with Gasteiger partial charge in [0.2, 0.25) is 5.91 Å². The Balaban J connectivity index is 1.60. The number of hydrogen-bond acceptors (Lipinski definition) is 5.